The molecule has 0 radical (unpaired) electrons. The Labute approximate surface area is 182 Å². The van der Waals surface area contributed by atoms with E-state index in [-0.39, 0.29) is 48.1 Å². The standard InChI is InChI=1S/C20H22F3N5O3S/c1-13-16(14(2)28-19(25-13)26-18(27-28)20(21,22)23)9-10-17(29)24-11-6-12-32(30,31)15-7-4-3-5-8-15/h3-5,7-8H,6,9-12H2,1-2H3,(H,24,29). The van der Waals surface area contributed by atoms with Gasteiger partial charge in [-0.05, 0) is 44.4 Å². The molecule has 0 saturated carbocycles. The third-order valence-electron chi connectivity index (χ3n) is 4.92. The molecule has 0 atom stereocenters. The summed E-state index contributed by atoms with van der Waals surface area (Å²) < 4.78 is 64.1. The van der Waals surface area contributed by atoms with Gasteiger partial charge in [0.05, 0.1) is 10.6 Å². The molecule has 3 aromatic rings. The summed E-state index contributed by atoms with van der Waals surface area (Å²) in [6.45, 7) is 3.42. The highest BCUT2D eigenvalue weighted by Crippen LogP contribution is 2.27. The number of amides is 1. The Balaban J connectivity index is 1.55. The van der Waals surface area contributed by atoms with Crippen LogP contribution < -0.4 is 5.32 Å². The van der Waals surface area contributed by atoms with Crippen molar-refractivity contribution in [1.82, 2.24) is 24.9 Å². The van der Waals surface area contributed by atoms with Crippen molar-refractivity contribution in [2.45, 2.75) is 44.2 Å². The fraction of sp³-hybridized carbons (Fsp3) is 0.400. The van der Waals surface area contributed by atoms with Crippen molar-refractivity contribution in [2.75, 3.05) is 12.3 Å². The van der Waals surface area contributed by atoms with Gasteiger partial charge in [0.15, 0.2) is 9.84 Å². The maximum Gasteiger partial charge on any atom is 0.453 e. The number of carbonyl (C=O) groups is 1. The number of hydrogen-bond acceptors (Lipinski definition) is 6. The van der Waals surface area contributed by atoms with E-state index in [4.69, 9.17) is 0 Å². The largest absolute Gasteiger partial charge is 0.453 e. The summed E-state index contributed by atoms with van der Waals surface area (Å²) in [6.07, 6.45) is -4.10. The van der Waals surface area contributed by atoms with Crippen LogP contribution in [-0.2, 0) is 27.2 Å². The highest BCUT2D eigenvalue weighted by atomic mass is 32.2. The van der Waals surface area contributed by atoms with Gasteiger partial charge in [-0.25, -0.2) is 17.9 Å². The number of sulfone groups is 1. The summed E-state index contributed by atoms with van der Waals surface area (Å²) in [5.74, 6) is -1.81. The van der Waals surface area contributed by atoms with E-state index in [0.717, 1.165) is 4.52 Å². The number of aryl methyl sites for hydroxylation is 2. The topological polar surface area (TPSA) is 106 Å². The van der Waals surface area contributed by atoms with Gasteiger partial charge in [-0.1, -0.05) is 18.2 Å². The molecule has 0 unspecified atom stereocenters. The highest BCUT2D eigenvalue weighted by molar-refractivity contribution is 7.91. The van der Waals surface area contributed by atoms with Crippen LogP contribution in [0.25, 0.3) is 5.78 Å². The van der Waals surface area contributed by atoms with Crippen molar-refractivity contribution in [2.24, 2.45) is 0 Å². The van der Waals surface area contributed by atoms with Crippen molar-refractivity contribution in [3.05, 3.63) is 53.1 Å². The van der Waals surface area contributed by atoms with Crippen LogP contribution in [0.4, 0.5) is 13.2 Å². The Morgan fingerprint density at radius 2 is 1.81 bits per heavy atom. The normalized spacial score (nSPS) is 12.3. The SMILES string of the molecule is Cc1nc2nc(C(F)(F)F)nn2c(C)c1CCC(=O)NCCCS(=O)(=O)c1ccccc1. The lowest BCUT2D eigenvalue weighted by Crippen LogP contribution is -2.26. The van der Waals surface area contributed by atoms with Gasteiger partial charge in [0.2, 0.25) is 5.91 Å². The van der Waals surface area contributed by atoms with E-state index in [1.54, 1.807) is 32.0 Å². The Kier molecular flexibility index (Phi) is 6.82. The molecule has 0 spiro atoms. The summed E-state index contributed by atoms with van der Waals surface area (Å²) in [6, 6.07) is 8.07. The van der Waals surface area contributed by atoms with Crippen LogP contribution in [0.2, 0.25) is 0 Å². The van der Waals surface area contributed by atoms with Crippen LogP contribution in [0, 0.1) is 13.8 Å². The molecule has 32 heavy (non-hydrogen) atoms. The number of benzene rings is 1. The highest BCUT2D eigenvalue weighted by Gasteiger charge is 2.37. The number of rotatable bonds is 8. The predicted octanol–water partition coefficient (Wildman–Crippen LogP) is 2.67. The summed E-state index contributed by atoms with van der Waals surface area (Å²) in [5, 5.41) is 6.15. The third-order valence-corrected chi connectivity index (χ3v) is 6.74. The zero-order valence-electron chi connectivity index (χ0n) is 17.5. The zero-order valence-corrected chi connectivity index (χ0v) is 18.3. The van der Waals surface area contributed by atoms with Gasteiger partial charge in [0, 0.05) is 24.4 Å². The van der Waals surface area contributed by atoms with Gasteiger partial charge in [-0.2, -0.15) is 18.2 Å². The van der Waals surface area contributed by atoms with Gasteiger partial charge in [-0.3, -0.25) is 4.79 Å². The Morgan fingerprint density at radius 1 is 1.12 bits per heavy atom. The molecule has 0 aliphatic heterocycles. The van der Waals surface area contributed by atoms with Gasteiger partial charge in [0.1, 0.15) is 0 Å². The number of nitrogens with one attached hydrogen (secondary N) is 1. The van der Waals surface area contributed by atoms with Crippen molar-refractivity contribution < 1.29 is 26.4 Å². The van der Waals surface area contributed by atoms with E-state index in [2.05, 4.69) is 20.4 Å². The number of alkyl halides is 3. The molecule has 12 heteroatoms. The molecule has 0 saturated heterocycles. The molecule has 0 aliphatic rings. The van der Waals surface area contributed by atoms with Crippen molar-refractivity contribution in [3.63, 3.8) is 0 Å². The molecule has 3 rings (SSSR count). The van der Waals surface area contributed by atoms with E-state index in [0.29, 0.717) is 17.0 Å². The van der Waals surface area contributed by atoms with E-state index < -0.39 is 21.8 Å². The molecular weight excluding hydrogens is 447 g/mol. The van der Waals surface area contributed by atoms with E-state index in [1.807, 2.05) is 0 Å². The van der Waals surface area contributed by atoms with Crippen molar-refractivity contribution in [1.29, 1.82) is 0 Å². The Bertz CT molecular complexity index is 1220. The molecule has 1 aromatic carbocycles. The summed E-state index contributed by atoms with van der Waals surface area (Å²) in [7, 11) is -3.41. The van der Waals surface area contributed by atoms with Crippen LogP contribution in [0.5, 0.6) is 0 Å². The number of nitrogens with zero attached hydrogens (tertiary/aromatic N) is 4. The van der Waals surface area contributed by atoms with Gasteiger partial charge in [-0.15, -0.1) is 5.10 Å². The molecule has 0 aliphatic carbocycles. The molecule has 2 heterocycles. The molecule has 0 fully saturated rings. The quantitative estimate of drug-likeness (QED) is 0.509. The van der Waals surface area contributed by atoms with Gasteiger partial charge < -0.3 is 5.32 Å². The minimum absolute atomic E-state index is 0.0706. The minimum Gasteiger partial charge on any atom is -0.356 e. The zero-order chi connectivity index (χ0) is 23.5. The minimum atomic E-state index is -4.68. The Hall–Kier alpha value is -3.02. The first-order chi connectivity index (χ1) is 15.0. The maximum atomic E-state index is 12.9. The smallest absolute Gasteiger partial charge is 0.356 e. The second-order valence-electron chi connectivity index (χ2n) is 7.24. The van der Waals surface area contributed by atoms with Crippen LogP contribution in [0.15, 0.2) is 35.2 Å². The first-order valence-electron chi connectivity index (χ1n) is 9.83. The summed E-state index contributed by atoms with van der Waals surface area (Å²) in [5.41, 5.74) is 1.51. The van der Waals surface area contributed by atoms with E-state index in [1.165, 1.54) is 12.1 Å². The second kappa shape index (κ2) is 9.23. The first kappa shape index (κ1) is 23.6. The van der Waals surface area contributed by atoms with Crippen LogP contribution in [0.1, 0.15) is 35.6 Å². The molecule has 8 nitrogen and oxygen atoms in total. The number of fused-ring (bicyclic) bond motifs is 1. The number of halogens is 3. The summed E-state index contributed by atoms with van der Waals surface area (Å²) >= 11 is 0. The number of hydrogen-bond donors (Lipinski definition) is 1. The predicted molar refractivity (Wildman–Crippen MR) is 110 cm³/mol. The monoisotopic (exact) mass is 469 g/mol. The van der Waals surface area contributed by atoms with Crippen molar-refractivity contribution in [3.8, 4) is 0 Å². The fourth-order valence-electron chi connectivity index (χ4n) is 3.25. The average molecular weight is 469 g/mol. The molecule has 0 bridgehead atoms. The van der Waals surface area contributed by atoms with E-state index >= 15 is 0 Å². The molecule has 1 amide bonds. The maximum absolute atomic E-state index is 12.9. The second-order valence-corrected chi connectivity index (χ2v) is 9.35. The van der Waals surface area contributed by atoms with Crippen LogP contribution in [0.3, 0.4) is 0 Å². The lowest BCUT2D eigenvalue weighted by Gasteiger charge is -2.10. The van der Waals surface area contributed by atoms with E-state index in [9.17, 15) is 26.4 Å². The van der Waals surface area contributed by atoms with Crippen LogP contribution in [-0.4, -0.2) is 46.2 Å². The van der Waals surface area contributed by atoms with Crippen molar-refractivity contribution >= 4 is 21.5 Å². The lowest BCUT2D eigenvalue weighted by atomic mass is 10.1. The number of carbonyl (C=O) groups excluding carboxylic acids is 1. The summed E-state index contributed by atoms with van der Waals surface area (Å²) in [4.78, 5) is 19.9. The van der Waals surface area contributed by atoms with Gasteiger partial charge >= 0.3 is 6.18 Å². The third kappa shape index (κ3) is 5.42. The molecule has 1 N–H and O–H groups in total. The number of aromatic nitrogens is 4. The Morgan fingerprint density at radius 3 is 2.47 bits per heavy atom. The van der Waals surface area contributed by atoms with Crippen LogP contribution >= 0.6 is 0 Å². The molecular formula is C20H22F3N5O3S. The fourth-order valence-corrected chi connectivity index (χ4v) is 4.58. The molecule has 2 aromatic heterocycles. The van der Waals surface area contributed by atoms with Gasteiger partial charge in [0.25, 0.3) is 11.6 Å². The average Bonchev–Trinajstić information content (AvgIpc) is 3.16. The first-order valence-corrected chi connectivity index (χ1v) is 11.5. The lowest BCUT2D eigenvalue weighted by molar-refractivity contribution is -0.144. The molecule has 172 valence electrons.